The first kappa shape index (κ1) is 32.3. The summed E-state index contributed by atoms with van der Waals surface area (Å²) in [6.07, 6.45) is 1.73. The second-order valence-electron chi connectivity index (χ2n) is 13.9. The number of para-hydroxylation sites is 1. The van der Waals surface area contributed by atoms with Crippen LogP contribution < -0.4 is 4.90 Å². The topological polar surface area (TPSA) is 96.5 Å². The van der Waals surface area contributed by atoms with Crippen LogP contribution in [0.15, 0.2) is 78.9 Å². The Bertz CT molecular complexity index is 1650. The Kier molecular flexibility index (Phi) is 9.08. The second-order valence-corrected chi connectivity index (χ2v) is 13.9. The second kappa shape index (κ2) is 13.2. The lowest BCUT2D eigenvalue weighted by molar-refractivity contribution is -0.157. The number of methoxy groups -OCH3 is 1. The zero-order valence-corrected chi connectivity index (χ0v) is 27.6. The van der Waals surface area contributed by atoms with E-state index in [2.05, 4.69) is 20.8 Å². The number of carbonyl (C=O) groups excluding carboxylic acids is 4. The van der Waals surface area contributed by atoms with Crippen molar-refractivity contribution in [3.05, 3.63) is 101 Å². The van der Waals surface area contributed by atoms with Crippen LogP contribution in [-0.4, -0.2) is 65.5 Å². The summed E-state index contributed by atoms with van der Waals surface area (Å²) >= 11 is 0. The summed E-state index contributed by atoms with van der Waals surface area (Å²) in [5.74, 6) is -1.10. The van der Waals surface area contributed by atoms with E-state index in [-0.39, 0.29) is 36.4 Å². The molecule has 3 amide bonds. The fourth-order valence-corrected chi connectivity index (χ4v) is 7.15. The van der Waals surface area contributed by atoms with Crippen molar-refractivity contribution >= 4 is 29.6 Å². The van der Waals surface area contributed by atoms with Crippen molar-refractivity contribution in [3.63, 3.8) is 0 Å². The minimum Gasteiger partial charge on any atom is -0.467 e. The molecule has 0 aromatic heterocycles. The van der Waals surface area contributed by atoms with Gasteiger partial charge < -0.3 is 19.3 Å². The molecule has 0 N–H and O–H groups in total. The molecule has 0 saturated carbocycles. The molecule has 246 valence electrons. The fraction of sp³-hybridized carbons (Fsp3) is 0.421. The highest BCUT2D eigenvalue weighted by molar-refractivity contribution is 6.02. The van der Waals surface area contributed by atoms with E-state index in [0.29, 0.717) is 37.8 Å². The Balaban J connectivity index is 1.35. The van der Waals surface area contributed by atoms with Crippen LogP contribution >= 0.6 is 0 Å². The summed E-state index contributed by atoms with van der Waals surface area (Å²) in [6.45, 7) is 6.71. The number of ether oxygens (including phenoxy) is 2. The van der Waals surface area contributed by atoms with Crippen LogP contribution in [0.3, 0.4) is 0 Å². The number of rotatable bonds is 6. The van der Waals surface area contributed by atoms with Crippen molar-refractivity contribution in [2.24, 2.45) is 5.41 Å². The van der Waals surface area contributed by atoms with Gasteiger partial charge in [-0.2, -0.15) is 0 Å². The minimum absolute atomic E-state index is 0.0263. The summed E-state index contributed by atoms with van der Waals surface area (Å²) in [6, 6.07) is 22.1. The molecule has 3 aliphatic rings. The Morgan fingerprint density at radius 1 is 0.745 bits per heavy atom. The van der Waals surface area contributed by atoms with Gasteiger partial charge in [-0.25, -0.2) is 9.59 Å². The summed E-state index contributed by atoms with van der Waals surface area (Å²) in [5, 5.41) is 0. The largest absolute Gasteiger partial charge is 0.467 e. The van der Waals surface area contributed by atoms with Crippen LogP contribution in [0.4, 0.5) is 10.5 Å². The lowest BCUT2D eigenvalue weighted by Gasteiger charge is -2.40. The number of anilines is 1. The van der Waals surface area contributed by atoms with Gasteiger partial charge in [-0.05, 0) is 53.0 Å². The molecule has 9 heteroatoms. The Morgan fingerprint density at radius 2 is 1.38 bits per heavy atom. The molecule has 9 nitrogen and oxygen atoms in total. The van der Waals surface area contributed by atoms with Crippen LogP contribution in [0.5, 0.6) is 0 Å². The summed E-state index contributed by atoms with van der Waals surface area (Å²) in [4.78, 5) is 61.1. The molecule has 6 rings (SSSR count). The lowest BCUT2D eigenvalue weighted by atomic mass is 9.93. The molecule has 0 unspecified atom stereocenters. The highest BCUT2D eigenvalue weighted by Gasteiger charge is 2.50. The third kappa shape index (κ3) is 6.48. The average molecular weight is 638 g/mol. The van der Waals surface area contributed by atoms with Crippen LogP contribution in [-0.2, 0) is 43.2 Å². The van der Waals surface area contributed by atoms with Gasteiger partial charge in [0.05, 0.1) is 25.4 Å². The van der Waals surface area contributed by atoms with Crippen molar-refractivity contribution in [2.45, 2.75) is 83.6 Å². The Hall–Kier alpha value is -4.66. The third-order valence-corrected chi connectivity index (χ3v) is 9.65. The van der Waals surface area contributed by atoms with E-state index in [1.54, 1.807) is 9.80 Å². The molecule has 0 spiro atoms. The van der Waals surface area contributed by atoms with E-state index in [9.17, 15) is 19.2 Å². The number of esters is 1. The molecular weight excluding hydrogens is 594 g/mol. The van der Waals surface area contributed by atoms with Crippen LogP contribution in [0, 0.1) is 5.41 Å². The van der Waals surface area contributed by atoms with Gasteiger partial charge in [0.1, 0.15) is 18.1 Å². The quantitative estimate of drug-likeness (QED) is 0.315. The van der Waals surface area contributed by atoms with E-state index in [1.807, 2.05) is 78.9 Å². The standard InChI is InChI=1S/C38H43N3O6/c1-38(2,3)20-21-47-37(45)41-29-17-11-10-15-27(29)23-32(41)35(43)40-30(25-12-6-5-7-13-25)18-19-31(40)34(42)39-24-28-16-9-8-14-26(28)22-33(39)36(44)46-4/h5-17,30-33H,18-24H2,1-4H3/t30-,31+,32+,33+/m0/s1. The number of likely N-dealkylation sites (tertiary alicyclic amines) is 1. The number of hydrogen-bond donors (Lipinski definition) is 0. The first-order chi connectivity index (χ1) is 22.6. The number of nitrogens with zero attached hydrogens (tertiary/aromatic N) is 3. The van der Waals surface area contributed by atoms with Gasteiger partial charge in [0, 0.05) is 19.4 Å². The van der Waals surface area contributed by atoms with Gasteiger partial charge >= 0.3 is 12.1 Å². The fourth-order valence-electron chi connectivity index (χ4n) is 7.15. The molecule has 4 atom stereocenters. The zero-order chi connectivity index (χ0) is 33.3. The van der Waals surface area contributed by atoms with Crippen LogP contribution in [0.25, 0.3) is 0 Å². The summed E-state index contributed by atoms with van der Waals surface area (Å²) < 4.78 is 10.9. The zero-order valence-electron chi connectivity index (χ0n) is 27.6. The number of carbonyl (C=O) groups is 4. The highest BCUT2D eigenvalue weighted by atomic mass is 16.6. The van der Waals surface area contributed by atoms with Crippen molar-refractivity contribution in [3.8, 4) is 0 Å². The SMILES string of the molecule is COC(=O)[C@H]1Cc2ccccc2CN1C(=O)[C@H]1CC[C@@H](c2ccccc2)N1C(=O)[C@H]1Cc2ccccc2N1C(=O)OCCC(C)(C)C. The molecule has 0 radical (unpaired) electrons. The van der Waals surface area contributed by atoms with Crippen LogP contribution in [0.2, 0.25) is 0 Å². The molecule has 47 heavy (non-hydrogen) atoms. The van der Waals surface area contributed by atoms with E-state index in [0.717, 1.165) is 22.3 Å². The molecule has 3 heterocycles. The van der Waals surface area contributed by atoms with Gasteiger partial charge in [0.15, 0.2) is 0 Å². The summed E-state index contributed by atoms with van der Waals surface area (Å²) in [7, 11) is 1.33. The molecular formula is C38H43N3O6. The van der Waals surface area contributed by atoms with E-state index >= 15 is 0 Å². The first-order valence-corrected chi connectivity index (χ1v) is 16.4. The maximum atomic E-state index is 14.9. The highest BCUT2D eigenvalue weighted by Crippen LogP contribution is 2.42. The number of amides is 3. The van der Waals surface area contributed by atoms with Crippen molar-refractivity contribution in [2.75, 3.05) is 18.6 Å². The molecule has 0 aliphatic carbocycles. The predicted molar refractivity (Wildman–Crippen MR) is 177 cm³/mol. The van der Waals surface area contributed by atoms with Gasteiger partial charge in [0.2, 0.25) is 11.8 Å². The lowest BCUT2D eigenvalue weighted by Crippen LogP contribution is -2.58. The van der Waals surface area contributed by atoms with Crippen LogP contribution in [0.1, 0.15) is 68.3 Å². The average Bonchev–Trinajstić information content (AvgIpc) is 3.69. The van der Waals surface area contributed by atoms with Gasteiger partial charge in [0.25, 0.3) is 0 Å². The number of fused-ring (bicyclic) bond motifs is 2. The third-order valence-electron chi connectivity index (χ3n) is 9.65. The van der Waals surface area contributed by atoms with Gasteiger partial charge in [-0.1, -0.05) is 93.6 Å². The monoisotopic (exact) mass is 637 g/mol. The van der Waals surface area contributed by atoms with Crippen molar-refractivity contribution in [1.82, 2.24) is 9.80 Å². The molecule has 3 aliphatic heterocycles. The molecule has 1 fully saturated rings. The maximum absolute atomic E-state index is 14.9. The van der Waals surface area contributed by atoms with Crippen molar-refractivity contribution < 1.29 is 28.7 Å². The minimum atomic E-state index is -0.882. The molecule has 0 bridgehead atoms. The smallest absolute Gasteiger partial charge is 0.415 e. The number of benzene rings is 3. The normalized spacial score (nSPS) is 22.0. The number of hydrogen-bond acceptors (Lipinski definition) is 6. The molecule has 3 aromatic carbocycles. The van der Waals surface area contributed by atoms with Gasteiger partial charge in [-0.15, -0.1) is 0 Å². The van der Waals surface area contributed by atoms with E-state index < -0.39 is 30.2 Å². The van der Waals surface area contributed by atoms with Crippen molar-refractivity contribution in [1.29, 1.82) is 0 Å². The maximum Gasteiger partial charge on any atom is 0.415 e. The Labute approximate surface area is 276 Å². The van der Waals surface area contributed by atoms with E-state index in [1.165, 1.54) is 12.0 Å². The predicted octanol–water partition coefficient (Wildman–Crippen LogP) is 5.85. The van der Waals surface area contributed by atoms with E-state index in [4.69, 9.17) is 9.47 Å². The molecule has 1 saturated heterocycles. The first-order valence-electron chi connectivity index (χ1n) is 16.4. The summed E-state index contributed by atoms with van der Waals surface area (Å²) in [5.41, 5.74) is 4.37. The van der Waals surface area contributed by atoms with Gasteiger partial charge in [-0.3, -0.25) is 14.5 Å². The Morgan fingerprint density at radius 3 is 2.09 bits per heavy atom. The molecule has 3 aromatic rings.